The molecule has 1 aromatic rings. The molecule has 1 fully saturated rings. The fourth-order valence-corrected chi connectivity index (χ4v) is 2.48. The number of amides is 1. The molecule has 1 saturated heterocycles. The van der Waals surface area contributed by atoms with Gasteiger partial charge in [-0.25, -0.2) is 4.39 Å². The normalized spacial score (nSPS) is 18.4. The summed E-state index contributed by atoms with van der Waals surface area (Å²) in [6.07, 6.45) is 4.77. The SMILES string of the molecule is CC(=O)N1CCC(NC(C)c2cncc(F)c2)CC1. The monoisotopic (exact) mass is 265 g/mol. The van der Waals surface area contributed by atoms with E-state index in [1.165, 1.54) is 12.3 Å². The Morgan fingerprint density at radius 2 is 2.16 bits per heavy atom. The van der Waals surface area contributed by atoms with Crippen LogP contribution in [0.4, 0.5) is 4.39 Å². The lowest BCUT2D eigenvalue weighted by molar-refractivity contribution is -0.129. The lowest BCUT2D eigenvalue weighted by Gasteiger charge is -2.33. The minimum Gasteiger partial charge on any atom is -0.343 e. The maximum absolute atomic E-state index is 13.1. The molecule has 1 unspecified atom stereocenters. The lowest BCUT2D eigenvalue weighted by Crippen LogP contribution is -2.44. The number of halogens is 1. The molecule has 0 bridgehead atoms. The molecular formula is C14H20FN3O. The van der Waals surface area contributed by atoms with E-state index < -0.39 is 0 Å². The van der Waals surface area contributed by atoms with E-state index in [-0.39, 0.29) is 17.8 Å². The third-order valence-electron chi connectivity index (χ3n) is 3.65. The van der Waals surface area contributed by atoms with E-state index in [2.05, 4.69) is 10.3 Å². The molecule has 19 heavy (non-hydrogen) atoms. The van der Waals surface area contributed by atoms with Crippen molar-refractivity contribution in [2.24, 2.45) is 0 Å². The Morgan fingerprint density at radius 3 is 2.74 bits per heavy atom. The Kier molecular flexibility index (Phi) is 4.47. The summed E-state index contributed by atoms with van der Waals surface area (Å²) >= 11 is 0. The third kappa shape index (κ3) is 3.73. The first-order valence-electron chi connectivity index (χ1n) is 6.68. The zero-order chi connectivity index (χ0) is 13.8. The summed E-state index contributed by atoms with van der Waals surface area (Å²) < 4.78 is 13.1. The molecule has 0 radical (unpaired) electrons. The van der Waals surface area contributed by atoms with Crippen LogP contribution in [-0.2, 0) is 4.79 Å². The Morgan fingerprint density at radius 1 is 1.47 bits per heavy atom. The summed E-state index contributed by atoms with van der Waals surface area (Å²) in [6, 6.07) is 1.95. The number of rotatable bonds is 3. The molecule has 1 aliphatic rings. The highest BCUT2D eigenvalue weighted by Gasteiger charge is 2.22. The van der Waals surface area contributed by atoms with Crippen molar-refractivity contribution in [1.29, 1.82) is 0 Å². The Hall–Kier alpha value is -1.49. The predicted molar refractivity (Wildman–Crippen MR) is 71.0 cm³/mol. The quantitative estimate of drug-likeness (QED) is 0.907. The van der Waals surface area contributed by atoms with Gasteiger partial charge >= 0.3 is 0 Å². The largest absolute Gasteiger partial charge is 0.343 e. The van der Waals surface area contributed by atoms with Crippen molar-refractivity contribution in [3.63, 3.8) is 0 Å². The summed E-state index contributed by atoms with van der Waals surface area (Å²) in [5.41, 5.74) is 0.856. The molecule has 1 aliphatic heterocycles. The van der Waals surface area contributed by atoms with E-state index in [9.17, 15) is 9.18 Å². The second-order valence-electron chi connectivity index (χ2n) is 5.11. The van der Waals surface area contributed by atoms with Crippen LogP contribution < -0.4 is 5.32 Å². The summed E-state index contributed by atoms with van der Waals surface area (Å²) in [6.45, 7) is 5.20. The minimum atomic E-state index is -0.308. The fraction of sp³-hybridized carbons (Fsp3) is 0.571. The number of aromatic nitrogens is 1. The molecule has 2 heterocycles. The number of carbonyl (C=O) groups excluding carboxylic acids is 1. The summed E-state index contributed by atoms with van der Waals surface area (Å²) in [7, 11) is 0. The molecule has 0 saturated carbocycles. The highest BCUT2D eigenvalue weighted by atomic mass is 19.1. The van der Waals surface area contributed by atoms with Gasteiger partial charge in [-0.2, -0.15) is 0 Å². The summed E-state index contributed by atoms with van der Waals surface area (Å²) in [4.78, 5) is 17.0. The molecule has 5 heteroatoms. The van der Waals surface area contributed by atoms with Gasteiger partial charge in [0.25, 0.3) is 0 Å². The number of hydrogen-bond acceptors (Lipinski definition) is 3. The molecular weight excluding hydrogens is 245 g/mol. The first kappa shape index (κ1) is 13.9. The standard InChI is InChI=1S/C14H20FN3O/c1-10(12-7-13(15)9-16-8-12)17-14-3-5-18(6-4-14)11(2)19/h7-10,14,17H,3-6H2,1-2H3. The van der Waals surface area contributed by atoms with E-state index in [0.29, 0.717) is 6.04 Å². The minimum absolute atomic E-state index is 0.0667. The highest BCUT2D eigenvalue weighted by molar-refractivity contribution is 5.73. The average Bonchev–Trinajstić information content (AvgIpc) is 2.39. The van der Waals surface area contributed by atoms with Crippen molar-refractivity contribution in [1.82, 2.24) is 15.2 Å². The second kappa shape index (κ2) is 6.10. The molecule has 1 amide bonds. The number of likely N-dealkylation sites (tertiary alicyclic amines) is 1. The van der Waals surface area contributed by atoms with Crippen LogP contribution in [0.2, 0.25) is 0 Å². The molecule has 0 aromatic carbocycles. The van der Waals surface area contributed by atoms with Gasteiger partial charge in [-0.3, -0.25) is 9.78 Å². The maximum atomic E-state index is 13.1. The Balaban J connectivity index is 1.87. The molecule has 1 atom stereocenters. The molecule has 1 N–H and O–H groups in total. The average molecular weight is 265 g/mol. The highest BCUT2D eigenvalue weighted by Crippen LogP contribution is 2.17. The van der Waals surface area contributed by atoms with Gasteiger partial charge in [0.1, 0.15) is 5.82 Å². The van der Waals surface area contributed by atoms with Gasteiger partial charge in [0.05, 0.1) is 6.20 Å². The summed E-state index contributed by atoms with van der Waals surface area (Å²) in [5, 5.41) is 3.48. The number of hydrogen-bond donors (Lipinski definition) is 1. The molecule has 0 aliphatic carbocycles. The first-order chi connectivity index (χ1) is 9.06. The van der Waals surface area contributed by atoms with Crippen LogP contribution in [0.15, 0.2) is 18.5 Å². The predicted octanol–water partition coefficient (Wildman–Crippen LogP) is 1.88. The fourth-order valence-electron chi connectivity index (χ4n) is 2.48. The molecule has 1 aromatic heterocycles. The van der Waals surface area contributed by atoms with E-state index in [1.807, 2.05) is 11.8 Å². The van der Waals surface area contributed by atoms with Crippen LogP contribution >= 0.6 is 0 Å². The van der Waals surface area contributed by atoms with Crippen molar-refractivity contribution in [3.05, 3.63) is 29.8 Å². The third-order valence-corrected chi connectivity index (χ3v) is 3.65. The molecule has 4 nitrogen and oxygen atoms in total. The molecule has 2 rings (SSSR count). The van der Waals surface area contributed by atoms with Crippen molar-refractivity contribution < 1.29 is 9.18 Å². The van der Waals surface area contributed by atoms with Crippen LogP contribution in [0.5, 0.6) is 0 Å². The van der Waals surface area contributed by atoms with Crippen LogP contribution in [0, 0.1) is 5.82 Å². The van der Waals surface area contributed by atoms with Crippen LogP contribution in [-0.4, -0.2) is 34.9 Å². The van der Waals surface area contributed by atoms with Crippen molar-refractivity contribution >= 4 is 5.91 Å². The van der Waals surface area contributed by atoms with E-state index in [0.717, 1.165) is 31.5 Å². The van der Waals surface area contributed by atoms with Crippen molar-refractivity contribution in [3.8, 4) is 0 Å². The Bertz CT molecular complexity index is 444. The Labute approximate surface area is 113 Å². The number of piperidine rings is 1. The van der Waals surface area contributed by atoms with E-state index >= 15 is 0 Å². The smallest absolute Gasteiger partial charge is 0.219 e. The number of carbonyl (C=O) groups is 1. The molecule has 0 spiro atoms. The van der Waals surface area contributed by atoms with Gasteiger partial charge in [0.2, 0.25) is 5.91 Å². The van der Waals surface area contributed by atoms with Gasteiger partial charge < -0.3 is 10.2 Å². The van der Waals surface area contributed by atoms with Gasteiger partial charge in [-0.15, -0.1) is 0 Å². The van der Waals surface area contributed by atoms with Gasteiger partial charge in [0, 0.05) is 38.3 Å². The van der Waals surface area contributed by atoms with E-state index in [1.54, 1.807) is 13.1 Å². The van der Waals surface area contributed by atoms with Crippen LogP contribution in [0.1, 0.15) is 38.3 Å². The number of nitrogens with zero attached hydrogens (tertiary/aromatic N) is 2. The maximum Gasteiger partial charge on any atom is 0.219 e. The van der Waals surface area contributed by atoms with Crippen molar-refractivity contribution in [2.45, 2.75) is 38.8 Å². The van der Waals surface area contributed by atoms with Crippen LogP contribution in [0.3, 0.4) is 0 Å². The van der Waals surface area contributed by atoms with Crippen LogP contribution in [0.25, 0.3) is 0 Å². The van der Waals surface area contributed by atoms with Crippen molar-refractivity contribution in [2.75, 3.05) is 13.1 Å². The topological polar surface area (TPSA) is 45.2 Å². The first-order valence-corrected chi connectivity index (χ1v) is 6.68. The lowest BCUT2D eigenvalue weighted by atomic mass is 10.0. The number of nitrogens with one attached hydrogen (secondary N) is 1. The zero-order valence-corrected chi connectivity index (χ0v) is 11.4. The van der Waals surface area contributed by atoms with E-state index in [4.69, 9.17) is 0 Å². The van der Waals surface area contributed by atoms with Gasteiger partial charge in [-0.05, 0) is 31.4 Å². The summed E-state index contributed by atoms with van der Waals surface area (Å²) in [5.74, 6) is -0.168. The van der Waals surface area contributed by atoms with Gasteiger partial charge in [-0.1, -0.05) is 0 Å². The van der Waals surface area contributed by atoms with Gasteiger partial charge in [0.15, 0.2) is 0 Å². The second-order valence-corrected chi connectivity index (χ2v) is 5.11. The number of pyridine rings is 1. The molecule has 104 valence electrons. The zero-order valence-electron chi connectivity index (χ0n) is 11.4.